The molecule has 3 aromatic rings. The number of carbonyl (C=O) groups excluding carboxylic acids is 2. The topological polar surface area (TPSA) is 94.8 Å². The smallest absolute Gasteiger partial charge is 0.411 e. The predicted molar refractivity (Wildman–Crippen MR) is 98.6 cm³/mol. The normalized spacial score (nSPS) is 10.5. The van der Waals surface area contributed by atoms with Crippen LogP contribution in [0.2, 0.25) is 0 Å². The summed E-state index contributed by atoms with van der Waals surface area (Å²) in [6.07, 6.45) is -0.640. The van der Waals surface area contributed by atoms with Crippen LogP contribution in [0.15, 0.2) is 57.7 Å². The second kappa shape index (κ2) is 8.34. The first-order valence-corrected chi connectivity index (χ1v) is 8.40. The van der Waals surface area contributed by atoms with Gasteiger partial charge in [-0.25, -0.2) is 18.8 Å². The fourth-order valence-corrected chi connectivity index (χ4v) is 2.56. The van der Waals surface area contributed by atoms with E-state index >= 15 is 0 Å². The second-order valence-corrected chi connectivity index (χ2v) is 5.70. The zero-order chi connectivity index (χ0) is 20.1. The second-order valence-electron chi connectivity index (χ2n) is 5.70. The molecule has 144 valence electrons. The van der Waals surface area contributed by atoms with Gasteiger partial charge in [0, 0.05) is 28.8 Å². The zero-order valence-electron chi connectivity index (χ0n) is 14.9. The molecule has 0 atom stereocenters. The minimum atomic E-state index is -0.847. The number of esters is 1. The lowest BCUT2D eigenvalue weighted by molar-refractivity contribution is 0.0468. The Labute approximate surface area is 158 Å². The van der Waals surface area contributed by atoms with E-state index in [-0.39, 0.29) is 24.4 Å². The van der Waals surface area contributed by atoms with E-state index in [1.165, 1.54) is 30.3 Å². The van der Waals surface area contributed by atoms with Gasteiger partial charge in [-0.3, -0.25) is 5.32 Å². The molecule has 0 aliphatic carbocycles. The molecule has 7 nitrogen and oxygen atoms in total. The Morgan fingerprint density at radius 1 is 1.11 bits per heavy atom. The highest BCUT2D eigenvalue weighted by molar-refractivity contribution is 5.91. The van der Waals surface area contributed by atoms with Crippen LogP contribution in [-0.2, 0) is 16.1 Å². The molecule has 0 saturated carbocycles. The van der Waals surface area contributed by atoms with Crippen molar-refractivity contribution in [2.75, 3.05) is 11.9 Å². The molecule has 1 amide bonds. The first-order chi connectivity index (χ1) is 13.5. The molecule has 0 aliphatic heterocycles. The molecule has 0 fully saturated rings. The third-order valence-corrected chi connectivity index (χ3v) is 3.80. The summed E-state index contributed by atoms with van der Waals surface area (Å²) in [4.78, 5) is 35.4. The van der Waals surface area contributed by atoms with E-state index in [1.807, 2.05) is 0 Å². The number of ether oxygens (including phenoxy) is 2. The van der Waals surface area contributed by atoms with E-state index < -0.39 is 23.5 Å². The van der Waals surface area contributed by atoms with Gasteiger partial charge in [-0.2, -0.15) is 0 Å². The SMILES string of the molecule is CCOC(=O)Nc1ccc2c(COC(=O)c3ccccc3F)cc(=O)oc2c1. The Balaban J connectivity index is 1.83. The molecular formula is C20H16FNO6. The fourth-order valence-electron chi connectivity index (χ4n) is 2.56. The molecule has 28 heavy (non-hydrogen) atoms. The number of hydrogen-bond donors (Lipinski definition) is 1. The molecule has 0 bridgehead atoms. The zero-order valence-corrected chi connectivity index (χ0v) is 14.9. The Morgan fingerprint density at radius 2 is 1.89 bits per heavy atom. The van der Waals surface area contributed by atoms with Crippen LogP contribution in [0.3, 0.4) is 0 Å². The molecule has 3 rings (SSSR count). The minimum Gasteiger partial charge on any atom is -0.457 e. The number of amides is 1. The van der Waals surface area contributed by atoms with Crippen LogP contribution in [0.4, 0.5) is 14.9 Å². The van der Waals surface area contributed by atoms with Crippen LogP contribution in [0.25, 0.3) is 11.0 Å². The van der Waals surface area contributed by atoms with Crippen molar-refractivity contribution >= 4 is 28.7 Å². The summed E-state index contributed by atoms with van der Waals surface area (Å²) >= 11 is 0. The predicted octanol–water partition coefficient (Wildman–Crippen LogP) is 3.86. The van der Waals surface area contributed by atoms with Crippen molar-refractivity contribution in [1.29, 1.82) is 0 Å². The maximum Gasteiger partial charge on any atom is 0.411 e. The van der Waals surface area contributed by atoms with Crippen molar-refractivity contribution in [1.82, 2.24) is 0 Å². The van der Waals surface area contributed by atoms with Crippen molar-refractivity contribution < 1.29 is 27.9 Å². The van der Waals surface area contributed by atoms with Crippen LogP contribution in [0.1, 0.15) is 22.8 Å². The Bertz CT molecular complexity index is 1090. The number of nitrogens with one attached hydrogen (secondary N) is 1. The number of halogens is 1. The lowest BCUT2D eigenvalue weighted by Crippen LogP contribution is -2.13. The minimum absolute atomic E-state index is 0.193. The van der Waals surface area contributed by atoms with Gasteiger partial charge in [0.1, 0.15) is 18.0 Å². The summed E-state index contributed by atoms with van der Waals surface area (Å²) < 4.78 is 28.7. The van der Waals surface area contributed by atoms with E-state index in [1.54, 1.807) is 19.1 Å². The van der Waals surface area contributed by atoms with Crippen molar-refractivity contribution in [2.45, 2.75) is 13.5 Å². The summed E-state index contributed by atoms with van der Waals surface area (Å²) in [5, 5.41) is 3.01. The Kier molecular flexibility index (Phi) is 5.69. The summed E-state index contributed by atoms with van der Waals surface area (Å²) in [7, 11) is 0. The van der Waals surface area contributed by atoms with Gasteiger partial charge >= 0.3 is 17.7 Å². The lowest BCUT2D eigenvalue weighted by Gasteiger charge is -2.09. The lowest BCUT2D eigenvalue weighted by atomic mass is 10.1. The summed E-state index contributed by atoms with van der Waals surface area (Å²) in [5.74, 6) is -1.54. The van der Waals surface area contributed by atoms with Gasteiger partial charge < -0.3 is 13.9 Å². The number of carbonyl (C=O) groups is 2. The summed E-state index contributed by atoms with van der Waals surface area (Å²) in [5.41, 5.74) is 0.0976. The van der Waals surface area contributed by atoms with Gasteiger partial charge in [0.25, 0.3) is 0 Å². The van der Waals surface area contributed by atoms with Crippen LogP contribution in [-0.4, -0.2) is 18.7 Å². The van der Waals surface area contributed by atoms with Crippen LogP contribution >= 0.6 is 0 Å². The number of rotatable bonds is 5. The summed E-state index contributed by atoms with van der Waals surface area (Å²) in [6, 6.07) is 11.3. The van der Waals surface area contributed by atoms with Gasteiger partial charge in [0.15, 0.2) is 0 Å². The van der Waals surface area contributed by atoms with Crippen molar-refractivity contribution in [3.8, 4) is 0 Å². The molecular weight excluding hydrogens is 369 g/mol. The Morgan fingerprint density at radius 3 is 2.64 bits per heavy atom. The summed E-state index contributed by atoms with van der Waals surface area (Å²) in [6.45, 7) is 1.64. The largest absolute Gasteiger partial charge is 0.457 e. The molecule has 8 heteroatoms. The quantitative estimate of drug-likeness (QED) is 0.529. The number of hydrogen-bond acceptors (Lipinski definition) is 6. The molecule has 0 spiro atoms. The molecule has 0 radical (unpaired) electrons. The number of anilines is 1. The van der Waals surface area contributed by atoms with Crippen molar-refractivity contribution in [3.05, 3.63) is 75.9 Å². The molecule has 0 saturated heterocycles. The maximum atomic E-state index is 13.7. The van der Waals surface area contributed by atoms with Gasteiger partial charge in [0.05, 0.1) is 12.2 Å². The van der Waals surface area contributed by atoms with Gasteiger partial charge in [0.2, 0.25) is 0 Å². The fraction of sp³-hybridized carbons (Fsp3) is 0.150. The van der Waals surface area contributed by atoms with Crippen LogP contribution < -0.4 is 10.9 Å². The standard InChI is InChI=1S/C20H16FNO6/c1-2-26-20(25)22-13-7-8-14-12(9-18(23)28-17(14)10-13)11-27-19(24)15-5-3-4-6-16(15)21/h3-10H,2,11H2,1H3,(H,22,25). The number of fused-ring (bicyclic) bond motifs is 1. The first-order valence-electron chi connectivity index (χ1n) is 8.40. The molecule has 1 heterocycles. The highest BCUT2D eigenvalue weighted by Crippen LogP contribution is 2.22. The third kappa shape index (κ3) is 4.35. The van der Waals surface area contributed by atoms with E-state index in [9.17, 15) is 18.8 Å². The van der Waals surface area contributed by atoms with Gasteiger partial charge in [-0.15, -0.1) is 0 Å². The highest BCUT2D eigenvalue weighted by atomic mass is 19.1. The van der Waals surface area contributed by atoms with Crippen LogP contribution in [0.5, 0.6) is 0 Å². The highest BCUT2D eigenvalue weighted by Gasteiger charge is 2.14. The molecule has 0 aliphatic rings. The van der Waals surface area contributed by atoms with Crippen molar-refractivity contribution in [3.63, 3.8) is 0 Å². The van der Waals surface area contributed by atoms with E-state index in [2.05, 4.69) is 5.32 Å². The molecule has 0 unspecified atom stereocenters. The van der Waals surface area contributed by atoms with E-state index in [0.717, 1.165) is 6.07 Å². The molecule has 1 N–H and O–H groups in total. The van der Waals surface area contributed by atoms with Gasteiger partial charge in [-0.05, 0) is 31.2 Å². The average Bonchev–Trinajstić information content (AvgIpc) is 2.66. The number of benzene rings is 2. The van der Waals surface area contributed by atoms with E-state index in [0.29, 0.717) is 16.6 Å². The van der Waals surface area contributed by atoms with E-state index in [4.69, 9.17) is 13.9 Å². The maximum absolute atomic E-state index is 13.7. The average molecular weight is 385 g/mol. The monoisotopic (exact) mass is 385 g/mol. The van der Waals surface area contributed by atoms with Gasteiger partial charge in [-0.1, -0.05) is 12.1 Å². The molecule has 1 aromatic heterocycles. The van der Waals surface area contributed by atoms with Crippen LogP contribution in [0, 0.1) is 5.82 Å². The first kappa shape index (κ1) is 19.1. The van der Waals surface area contributed by atoms with Crippen molar-refractivity contribution in [2.24, 2.45) is 0 Å². The Hall–Kier alpha value is -3.68. The molecule has 2 aromatic carbocycles. The third-order valence-electron chi connectivity index (χ3n) is 3.80.